The Morgan fingerprint density at radius 2 is 1.20 bits per heavy atom. The standard InChI is InChI=1S/C35H37N3O3/c1-34-26-13-5-7-15-28(26)35(24-39,29-16-8-6-14-27(29)34)31-30(34)32(40)38(33(31)41)18-10-9-17-36-19-21-37(22-20-36)23-25-11-3-2-4-12-25/h2-8,11-16,24,30-31H,9-10,17-23H2,1H3. The topological polar surface area (TPSA) is 60.9 Å². The third kappa shape index (κ3) is 3.80. The van der Waals surface area contributed by atoms with Gasteiger partial charge in [-0.2, -0.15) is 0 Å². The molecule has 3 aliphatic carbocycles. The minimum atomic E-state index is -1.13. The molecule has 210 valence electrons. The lowest BCUT2D eigenvalue weighted by atomic mass is 9.42. The summed E-state index contributed by atoms with van der Waals surface area (Å²) < 4.78 is 0. The highest BCUT2D eigenvalue weighted by atomic mass is 16.2. The summed E-state index contributed by atoms with van der Waals surface area (Å²) >= 11 is 0. The summed E-state index contributed by atoms with van der Waals surface area (Å²) in [5, 5.41) is 0. The number of nitrogens with zero attached hydrogens (tertiary/aromatic N) is 3. The lowest BCUT2D eigenvalue weighted by molar-refractivity contribution is -0.140. The molecule has 0 spiro atoms. The van der Waals surface area contributed by atoms with Crippen molar-refractivity contribution < 1.29 is 14.4 Å². The molecule has 0 N–H and O–H groups in total. The van der Waals surface area contributed by atoms with E-state index in [4.69, 9.17) is 0 Å². The van der Waals surface area contributed by atoms with Crippen molar-refractivity contribution in [2.75, 3.05) is 39.3 Å². The van der Waals surface area contributed by atoms with Gasteiger partial charge in [-0.25, -0.2) is 0 Å². The zero-order valence-corrected chi connectivity index (χ0v) is 23.7. The van der Waals surface area contributed by atoms with Crippen molar-refractivity contribution in [3.05, 3.63) is 107 Å². The van der Waals surface area contributed by atoms with Gasteiger partial charge in [0.05, 0.1) is 17.3 Å². The van der Waals surface area contributed by atoms with Crippen LogP contribution in [0.4, 0.5) is 0 Å². The molecule has 0 saturated carbocycles. The Hall–Kier alpha value is -3.61. The first-order valence-electron chi connectivity index (χ1n) is 15.0. The molecule has 2 bridgehead atoms. The van der Waals surface area contributed by atoms with E-state index in [0.717, 1.165) is 80.7 Å². The van der Waals surface area contributed by atoms with Gasteiger partial charge >= 0.3 is 0 Å². The summed E-state index contributed by atoms with van der Waals surface area (Å²) in [5.74, 6) is -1.56. The lowest BCUT2D eigenvalue weighted by Gasteiger charge is -2.56. The smallest absolute Gasteiger partial charge is 0.234 e. The first kappa shape index (κ1) is 26.3. The fourth-order valence-corrected chi connectivity index (χ4v) is 8.36. The van der Waals surface area contributed by atoms with Gasteiger partial charge in [-0.05, 0) is 47.2 Å². The van der Waals surface area contributed by atoms with Gasteiger partial charge in [-0.3, -0.25) is 19.4 Å². The maximum absolute atomic E-state index is 14.1. The van der Waals surface area contributed by atoms with E-state index in [1.54, 1.807) is 0 Å². The number of rotatable bonds is 8. The molecule has 2 heterocycles. The summed E-state index contributed by atoms with van der Waals surface area (Å²) in [6.45, 7) is 8.65. The summed E-state index contributed by atoms with van der Waals surface area (Å²) in [6, 6.07) is 26.5. The third-order valence-corrected chi connectivity index (χ3v) is 10.4. The predicted molar refractivity (Wildman–Crippen MR) is 157 cm³/mol. The number of likely N-dealkylation sites (tertiary alicyclic amines) is 1. The van der Waals surface area contributed by atoms with Gasteiger partial charge in [-0.15, -0.1) is 0 Å². The van der Waals surface area contributed by atoms with Crippen LogP contribution in [0.5, 0.6) is 0 Å². The number of aldehydes is 1. The van der Waals surface area contributed by atoms with Crippen molar-refractivity contribution in [1.29, 1.82) is 0 Å². The second-order valence-electron chi connectivity index (χ2n) is 12.4. The van der Waals surface area contributed by atoms with Crippen LogP contribution >= 0.6 is 0 Å². The molecule has 6 heteroatoms. The van der Waals surface area contributed by atoms with Crippen LogP contribution in [0.15, 0.2) is 78.9 Å². The quantitative estimate of drug-likeness (QED) is 0.242. The number of carbonyl (C=O) groups excluding carboxylic acids is 3. The number of piperazine rings is 1. The highest BCUT2D eigenvalue weighted by molar-refractivity contribution is 6.11. The summed E-state index contributed by atoms with van der Waals surface area (Å²) in [4.78, 5) is 47.8. The van der Waals surface area contributed by atoms with Gasteiger partial charge in [0.15, 0.2) is 0 Å². The largest absolute Gasteiger partial charge is 0.302 e. The van der Waals surface area contributed by atoms with Gasteiger partial charge in [0.25, 0.3) is 0 Å². The van der Waals surface area contributed by atoms with Crippen molar-refractivity contribution in [2.45, 2.75) is 37.1 Å². The van der Waals surface area contributed by atoms with Gasteiger partial charge in [-0.1, -0.05) is 85.8 Å². The normalized spacial score (nSPS) is 28.9. The second kappa shape index (κ2) is 10.0. The van der Waals surface area contributed by atoms with Crippen LogP contribution in [0.25, 0.3) is 0 Å². The molecule has 5 aliphatic rings. The SMILES string of the molecule is CC12c3ccccc3C(C=O)(c3ccccc31)C1C(=O)N(CCCCN3CCN(Cc4ccccc4)CC3)C(=O)C12. The maximum Gasteiger partial charge on any atom is 0.234 e. The van der Waals surface area contributed by atoms with E-state index in [0.29, 0.717) is 6.54 Å². The van der Waals surface area contributed by atoms with E-state index < -0.39 is 22.7 Å². The molecular weight excluding hydrogens is 510 g/mol. The Bertz CT molecular complexity index is 1450. The first-order chi connectivity index (χ1) is 20.0. The molecule has 2 saturated heterocycles. The highest BCUT2D eigenvalue weighted by Gasteiger charge is 2.72. The van der Waals surface area contributed by atoms with Gasteiger partial charge < -0.3 is 9.69 Å². The van der Waals surface area contributed by atoms with Crippen LogP contribution in [0, 0.1) is 11.8 Å². The van der Waals surface area contributed by atoms with Crippen molar-refractivity contribution in [2.24, 2.45) is 11.8 Å². The van der Waals surface area contributed by atoms with E-state index in [2.05, 4.69) is 47.1 Å². The number of hydrogen-bond donors (Lipinski definition) is 0. The maximum atomic E-state index is 14.1. The fourth-order valence-electron chi connectivity index (χ4n) is 8.36. The molecule has 0 radical (unpaired) electrons. The molecule has 2 atom stereocenters. The predicted octanol–water partition coefficient (Wildman–Crippen LogP) is 4.00. The Labute approximate surface area is 241 Å². The van der Waals surface area contributed by atoms with E-state index in [9.17, 15) is 14.4 Å². The number of imide groups is 1. The Balaban J connectivity index is 1.04. The second-order valence-corrected chi connectivity index (χ2v) is 12.4. The number of carbonyl (C=O) groups is 3. The lowest BCUT2D eigenvalue weighted by Crippen LogP contribution is -2.61. The van der Waals surface area contributed by atoms with Gasteiger partial charge in [0.1, 0.15) is 6.29 Å². The van der Waals surface area contributed by atoms with E-state index in [-0.39, 0.29) is 11.8 Å². The summed E-state index contributed by atoms with van der Waals surface area (Å²) in [5.41, 5.74) is 3.34. The molecule has 6 nitrogen and oxygen atoms in total. The van der Waals surface area contributed by atoms with Crippen LogP contribution < -0.4 is 0 Å². The summed E-state index contributed by atoms with van der Waals surface area (Å²) in [6.07, 6.45) is 2.65. The average molecular weight is 548 g/mol. The molecule has 3 aromatic rings. The van der Waals surface area contributed by atoms with Crippen LogP contribution in [0.2, 0.25) is 0 Å². The van der Waals surface area contributed by atoms with E-state index in [1.807, 2.05) is 48.5 Å². The van der Waals surface area contributed by atoms with Gasteiger partial charge in [0.2, 0.25) is 11.8 Å². The van der Waals surface area contributed by atoms with Crippen LogP contribution in [-0.4, -0.2) is 72.1 Å². The van der Waals surface area contributed by atoms with Crippen molar-refractivity contribution in [1.82, 2.24) is 14.7 Å². The van der Waals surface area contributed by atoms with Crippen molar-refractivity contribution >= 4 is 18.1 Å². The summed E-state index contributed by atoms with van der Waals surface area (Å²) in [7, 11) is 0. The Kier molecular flexibility index (Phi) is 6.44. The first-order valence-corrected chi connectivity index (χ1v) is 15.0. The number of benzene rings is 3. The average Bonchev–Trinajstić information content (AvgIpc) is 3.28. The molecule has 3 aromatic carbocycles. The van der Waals surface area contributed by atoms with Gasteiger partial charge in [0, 0.05) is 44.7 Å². The fraction of sp³-hybridized carbons (Fsp3) is 0.400. The zero-order valence-electron chi connectivity index (χ0n) is 23.7. The number of amides is 2. The molecule has 8 rings (SSSR count). The zero-order chi connectivity index (χ0) is 28.2. The minimum Gasteiger partial charge on any atom is -0.302 e. The molecule has 41 heavy (non-hydrogen) atoms. The van der Waals surface area contributed by atoms with E-state index >= 15 is 0 Å². The Morgan fingerprint density at radius 1 is 0.683 bits per heavy atom. The van der Waals surface area contributed by atoms with Crippen molar-refractivity contribution in [3.63, 3.8) is 0 Å². The molecule has 2 fully saturated rings. The highest BCUT2D eigenvalue weighted by Crippen LogP contribution is 2.65. The van der Waals surface area contributed by atoms with E-state index in [1.165, 1.54) is 10.5 Å². The minimum absolute atomic E-state index is 0.118. The Morgan fingerprint density at radius 3 is 1.80 bits per heavy atom. The third-order valence-electron chi connectivity index (χ3n) is 10.4. The monoisotopic (exact) mass is 547 g/mol. The van der Waals surface area contributed by atoms with Crippen LogP contribution in [0.1, 0.15) is 47.6 Å². The molecular formula is C35H37N3O3. The van der Waals surface area contributed by atoms with Crippen molar-refractivity contribution in [3.8, 4) is 0 Å². The van der Waals surface area contributed by atoms with Crippen LogP contribution in [0.3, 0.4) is 0 Å². The molecule has 2 amide bonds. The molecule has 2 unspecified atom stereocenters. The number of unbranched alkanes of at least 4 members (excludes halogenated alkanes) is 1. The van der Waals surface area contributed by atoms with Crippen LogP contribution in [-0.2, 0) is 31.8 Å². The molecule has 0 aromatic heterocycles. The molecule has 2 aliphatic heterocycles. The number of hydrogen-bond acceptors (Lipinski definition) is 5.